The Hall–Kier alpha value is -3.53. The van der Waals surface area contributed by atoms with E-state index in [4.69, 9.17) is 0 Å². The third-order valence-corrected chi connectivity index (χ3v) is 4.06. The van der Waals surface area contributed by atoms with Gasteiger partial charge in [-0.1, -0.05) is 36.4 Å². The predicted octanol–water partition coefficient (Wildman–Crippen LogP) is 4.99. The molecule has 0 spiro atoms. The van der Waals surface area contributed by atoms with Gasteiger partial charge in [0.15, 0.2) is 0 Å². The summed E-state index contributed by atoms with van der Waals surface area (Å²) in [5.74, 6) is 0.251. The molecule has 0 fully saturated rings. The maximum Gasteiger partial charge on any atom is 0.115 e. The van der Waals surface area contributed by atoms with Gasteiger partial charge in [0.25, 0.3) is 0 Å². The molecule has 4 aromatic rings. The second-order valence-corrected chi connectivity index (χ2v) is 5.74. The van der Waals surface area contributed by atoms with Crippen molar-refractivity contribution in [2.75, 3.05) is 5.43 Å². The van der Waals surface area contributed by atoms with Crippen molar-refractivity contribution in [3.05, 3.63) is 84.4 Å². The van der Waals surface area contributed by atoms with Gasteiger partial charge in [0.1, 0.15) is 5.75 Å². The van der Waals surface area contributed by atoms with Crippen LogP contribution in [-0.2, 0) is 0 Å². The summed E-state index contributed by atoms with van der Waals surface area (Å²) >= 11 is 0. The molecule has 0 unspecified atom stereocenters. The van der Waals surface area contributed by atoms with Crippen molar-refractivity contribution in [3.63, 3.8) is 0 Å². The first-order chi connectivity index (χ1) is 12.3. The van der Waals surface area contributed by atoms with Gasteiger partial charge in [0, 0.05) is 16.5 Å². The fraction of sp³-hybridized carbons (Fsp3) is 0. The average molecular weight is 327 g/mol. The van der Waals surface area contributed by atoms with Crippen molar-refractivity contribution in [3.8, 4) is 17.0 Å². The topological polar surface area (TPSA) is 60.4 Å². The number of para-hydroxylation sites is 2. The number of H-pyrrole nitrogens is 1. The monoisotopic (exact) mass is 327 g/mol. The molecule has 0 aliphatic heterocycles. The van der Waals surface area contributed by atoms with Crippen LogP contribution in [0.4, 0.5) is 5.69 Å². The summed E-state index contributed by atoms with van der Waals surface area (Å²) < 4.78 is 0. The van der Waals surface area contributed by atoms with Gasteiger partial charge in [-0.2, -0.15) is 5.10 Å². The average Bonchev–Trinajstić information content (AvgIpc) is 3.02. The molecule has 4 rings (SSSR count). The number of fused-ring (bicyclic) bond motifs is 1. The lowest BCUT2D eigenvalue weighted by molar-refractivity contribution is 0.475. The summed E-state index contributed by atoms with van der Waals surface area (Å²) in [6, 6.07) is 25.1. The van der Waals surface area contributed by atoms with Gasteiger partial charge < -0.3 is 10.1 Å². The molecule has 1 heterocycles. The summed E-state index contributed by atoms with van der Waals surface area (Å²) in [7, 11) is 0. The molecule has 4 heteroatoms. The third kappa shape index (κ3) is 3.10. The van der Waals surface area contributed by atoms with Crippen molar-refractivity contribution in [2.45, 2.75) is 0 Å². The first-order valence-electron chi connectivity index (χ1n) is 8.05. The first kappa shape index (κ1) is 15.0. The highest BCUT2D eigenvalue weighted by molar-refractivity contribution is 6.06. The Balaban J connectivity index is 1.75. The van der Waals surface area contributed by atoms with E-state index in [2.05, 4.69) is 21.6 Å². The van der Waals surface area contributed by atoms with Gasteiger partial charge in [0.05, 0.1) is 17.6 Å². The molecule has 0 radical (unpaired) electrons. The molecular formula is C21H17N3O. The number of phenols is 1. The van der Waals surface area contributed by atoms with Gasteiger partial charge in [-0.3, -0.25) is 5.43 Å². The molecule has 1 aromatic heterocycles. The van der Waals surface area contributed by atoms with E-state index in [1.807, 2.05) is 66.9 Å². The number of hydrogen-bond acceptors (Lipinski definition) is 3. The van der Waals surface area contributed by atoms with Crippen LogP contribution in [0.15, 0.2) is 84.0 Å². The number of hydrazone groups is 1. The quantitative estimate of drug-likeness (QED) is 0.365. The number of aromatic nitrogens is 1. The SMILES string of the molecule is Oc1ccc(-c2[nH]c3ccccc3c2/C=N/Nc2ccccc2)cc1. The van der Waals surface area contributed by atoms with Gasteiger partial charge in [-0.25, -0.2) is 0 Å². The van der Waals surface area contributed by atoms with E-state index in [9.17, 15) is 5.11 Å². The molecule has 122 valence electrons. The molecule has 0 aliphatic carbocycles. The molecular weight excluding hydrogens is 310 g/mol. The summed E-state index contributed by atoms with van der Waals surface area (Å²) in [6.07, 6.45) is 1.83. The number of aromatic amines is 1. The van der Waals surface area contributed by atoms with E-state index in [0.717, 1.165) is 33.4 Å². The zero-order valence-electron chi connectivity index (χ0n) is 13.5. The lowest BCUT2D eigenvalue weighted by Gasteiger charge is -2.02. The Kier molecular flexibility index (Phi) is 3.92. The van der Waals surface area contributed by atoms with Gasteiger partial charge in [-0.05, 0) is 48.0 Å². The predicted molar refractivity (Wildman–Crippen MR) is 103 cm³/mol. The largest absolute Gasteiger partial charge is 0.508 e. The van der Waals surface area contributed by atoms with E-state index >= 15 is 0 Å². The van der Waals surface area contributed by atoms with Crippen LogP contribution in [-0.4, -0.2) is 16.3 Å². The highest BCUT2D eigenvalue weighted by Crippen LogP contribution is 2.30. The fourth-order valence-electron chi connectivity index (χ4n) is 2.84. The maximum absolute atomic E-state index is 9.53. The molecule has 0 saturated carbocycles. The number of nitrogens with zero attached hydrogens (tertiary/aromatic N) is 1. The standard InChI is InChI=1S/C21H17N3O/c25-17-12-10-15(11-13-17)21-19(18-8-4-5-9-20(18)23-21)14-22-24-16-6-2-1-3-7-16/h1-14,23-25H/b22-14+. The number of hydrogen-bond donors (Lipinski definition) is 3. The van der Waals surface area contributed by atoms with Crippen LogP contribution in [0.3, 0.4) is 0 Å². The Bertz CT molecular complexity index is 1020. The summed E-state index contributed by atoms with van der Waals surface area (Å²) in [5, 5.41) is 15.0. The lowest BCUT2D eigenvalue weighted by atomic mass is 10.1. The Labute approximate surface area is 145 Å². The third-order valence-electron chi connectivity index (χ3n) is 4.06. The van der Waals surface area contributed by atoms with Crippen LogP contribution < -0.4 is 5.43 Å². The molecule has 4 nitrogen and oxygen atoms in total. The fourth-order valence-corrected chi connectivity index (χ4v) is 2.84. The van der Waals surface area contributed by atoms with Crippen molar-refractivity contribution < 1.29 is 5.11 Å². The number of anilines is 1. The van der Waals surface area contributed by atoms with Crippen LogP contribution in [0.25, 0.3) is 22.2 Å². The lowest BCUT2D eigenvalue weighted by Crippen LogP contribution is -1.91. The van der Waals surface area contributed by atoms with Crippen LogP contribution >= 0.6 is 0 Å². The molecule has 0 atom stereocenters. The highest BCUT2D eigenvalue weighted by atomic mass is 16.3. The molecule has 0 bridgehead atoms. The molecule has 25 heavy (non-hydrogen) atoms. The second kappa shape index (κ2) is 6.53. The highest BCUT2D eigenvalue weighted by Gasteiger charge is 2.11. The number of nitrogens with one attached hydrogen (secondary N) is 2. The Morgan fingerprint density at radius 1 is 0.840 bits per heavy atom. The van der Waals surface area contributed by atoms with Crippen LogP contribution in [0.2, 0.25) is 0 Å². The molecule has 0 amide bonds. The zero-order chi connectivity index (χ0) is 17.1. The zero-order valence-corrected chi connectivity index (χ0v) is 13.5. The van der Waals surface area contributed by atoms with Crippen molar-refractivity contribution in [2.24, 2.45) is 5.10 Å². The first-order valence-corrected chi connectivity index (χ1v) is 8.05. The minimum atomic E-state index is 0.251. The number of phenolic OH excluding ortho intramolecular Hbond substituents is 1. The molecule has 3 aromatic carbocycles. The van der Waals surface area contributed by atoms with E-state index in [-0.39, 0.29) is 5.75 Å². The maximum atomic E-state index is 9.53. The number of rotatable bonds is 4. The minimum Gasteiger partial charge on any atom is -0.508 e. The van der Waals surface area contributed by atoms with Gasteiger partial charge >= 0.3 is 0 Å². The summed E-state index contributed by atoms with van der Waals surface area (Å²) in [4.78, 5) is 3.45. The van der Waals surface area contributed by atoms with Crippen LogP contribution in [0, 0.1) is 0 Å². The molecule has 0 saturated heterocycles. The number of benzene rings is 3. The van der Waals surface area contributed by atoms with E-state index < -0.39 is 0 Å². The minimum absolute atomic E-state index is 0.251. The normalized spacial score (nSPS) is 11.2. The number of aromatic hydroxyl groups is 1. The van der Waals surface area contributed by atoms with E-state index in [0.29, 0.717) is 0 Å². The Morgan fingerprint density at radius 3 is 2.36 bits per heavy atom. The van der Waals surface area contributed by atoms with E-state index in [1.54, 1.807) is 12.1 Å². The van der Waals surface area contributed by atoms with Crippen LogP contribution in [0.5, 0.6) is 5.75 Å². The van der Waals surface area contributed by atoms with Crippen LogP contribution in [0.1, 0.15) is 5.56 Å². The van der Waals surface area contributed by atoms with Gasteiger partial charge in [-0.15, -0.1) is 0 Å². The molecule has 3 N–H and O–H groups in total. The summed E-state index contributed by atoms with van der Waals surface area (Å²) in [6.45, 7) is 0. The smallest absolute Gasteiger partial charge is 0.115 e. The Morgan fingerprint density at radius 2 is 1.56 bits per heavy atom. The van der Waals surface area contributed by atoms with Crippen molar-refractivity contribution in [1.82, 2.24) is 4.98 Å². The van der Waals surface area contributed by atoms with E-state index in [1.165, 1.54) is 0 Å². The summed E-state index contributed by atoms with van der Waals surface area (Å²) in [5.41, 5.74) is 8.01. The van der Waals surface area contributed by atoms with Crippen molar-refractivity contribution >= 4 is 22.8 Å². The van der Waals surface area contributed by atoms with Crippen molar-refractivity contribution in [1.29, 1.82) is 0 Å². The molecule has 0 aliphatic rings. The second-order valence-electron chi connectivity index (χ2n) is 5.74. The van der Waals surface area contributed by atoms with Gasteiger partial charge in [0.2, 0.25) is 0 Å².